The number of nitrogens with zero attached hydrogens (tertiary/aromatic N) is 1. The smallest absolute Gasteiger partial charge is 0.230 e. The lowest BCUT2D eigenvalue weighted by Gasteiger charge is -2.06. The molecule has 24 heavy (non-hydrogen) atoms. The predicted octanol–water partition coefficient (Wildman–Crippen LogP) is 4.11. The molecule has 1 amide bonds. The van der Waals surface area contributed by atoms with Crippen LogP contribution in [0.5, 0.6) is 0 Å². The summed E-state index contributed by atoms with van der Waals surface area (Å²) < 4.78 is 32.7. The largest absolute Gasteiger partial charge is 0.441 e. The number of hydrogen-bond acceptors (Lipinski definition) is 3. The van der Waals surface area contributed by atoms with E-state index in [-0.39, 0.29) is 6.42 Å². The summed E-state index contributed by atoms with van der Waals surface area (Å²) >= 11 is 0. The molecule has 0 unspecified atom stereocenters. The number of para-hydroxylation sites is 1. The number of aryl methyl sites for hydroxylation is 1. The number of aromatic nitrogens is 1. The van der Waals surface area contributed by atoms with Crippen LogP contribution >= 0.6 is 0 Å². The van der Waals surface area contributed by atoms with E-state index in [9.17, 15) is 13.6 Å². The van der Waals surface area contributed by atoms with Crippen LogP contribution in [-0.4, -0.2) is 10.9 Å². The number of carbonyl (C=O) groups is 1. The maximum absolute atomic E-state index is 13.6. The Labute approximate surface area is 137 Å². The molecule has 0 saturated heterocycles. The fraction of sp³-hybridized carbons (Fsp3) is 0.111. The number of amides is 1. The van der Waals surface area contributed by atoms with E-state index in [1.54, 1.807) is 6.92 Å². The van der Waals surface area contributed by atoms with Gasteiger partial charge in [-0.25, -0.2) is 13.8 Å². The molecule has 1 N–H and O–H groups in total. The molecule has 1 heterocycles. The van der Waals surface area contributed by atoms with Crippen LogP contribution in [0.3, 0.4) is 0 Å². The van der Waals surface area contributed by atoms with Crippen molar-refractivity contribution >= 4 is 11.6 Å². The Morgan fingerprint density at radius 2 is 1.75 bits per heavy atom. The van der Waals surface area contributed by atoms with Gasteiger partial charge < -0.3 is 9.73 Å². The summed E-state index contributed by atoms with van der Waals surface area (Å²) in [5, 5.41) is 2.23. The lowest BCUT2D eigenvalue weighted by atomic mass is 10.2. The first-order valence-corrected chi connectivity index (χ1v) is 7.30. The molecule has 3 rings (SSSR count). The molecule has 0 aliphatic carbocycles. The Hall–Kier alpha value is -3.02. The minimum atomic E-state index is -0.829. The highest BCUT2D eigenvalue weighted by molar-refractivity contribution is 5.92. The van der Waals surface area contributed by atoms with E-state index >= 15 is 0 Å². The minimum Gasteiger partial charge on any atom is -0.441 e. The normalized spacial score (nSPS) is 10.6. The third-order valence-corrected chi connectivity index (χ3v) is 3.47. The lowest BCUT2D eigenvalue weighted by Crippen LogP contribution is -2.17. The lowest BCUT2D eigenvalue weighted by molar-refractivity contribution is -0.115. The van der Waals surface area contributed by atoms with Crippen LogP contribution in [0.1, 0.15) is 11.5 Å². The van der Waals surface area contributed by atoms with Crippen LogP contribution in [0.2, 0.25) is 0 Å². The average Bonchev–Trinajstić information content (AvgIpc) is 2.93. The van der Waals surface area contributed by atoms with Crippen LogP contribution in [0.15, 0.2) is 52.9 Å². The molecule has 0 radical (unpaired) electrons. The summed E-state index contributed by atoms with van der Waals surface area (Å²) in [5.41, 5.74) is 0.738. The van der Waals surface area contributed by atoms with Crippen LogP contribution < -0.4 is 5.32 Å². The first-order valence-electron chi connectivity index (χ1n) is 7.30. The molecule has 3 aromatic rings. The summed E-state index contributed by atoms with van der Waals surface area (Å²) in [7, 11) is 0. The van der Waals surface area contributed by atoms with E-state index < -0.39 is 23.2 Å². The molecule has 0 aliphatic rings. The molecule has 0 bridgehead atoms. The van der Waals surface area contributed by atoms with E-state index in [1.165, 1.54) is 6.07 Å². The van der Waals surface area contributed by atoms with E-state index in [1.807, 2.05) is 30.3 Å². The van der Waals surface area contributed by atoms with Crippen molar-refractivity contribution in [2.24, 2.45) is 0 Å². The van der Waals surface area contributed by atoms with Crippen molar-refractivity contribution in [3.8, 4) is 11.5 Å². The van der Waals surface area contributed by atoms with Crippen LogP contribution in [0.25, 0.3) is 11.5 Å². The molecule has 4 nitrogen and oxygen atoms in total. The number of rotatable bonds is 4. The summed E-state index contributed by atoms with van der Waals surface area (Å²) in [6, 6.07) is 12.6. The van der Waals surface area contributed by atoms with E-state index in [4.69, 9.17) is 4.42 Å². The number of nitrogens with one attached hydrogen (secondary N) is 1. The molecule has 0 saturated carbocycles. The summed E-state index contributed by atoms with van der Waals surface area (Å²) in [5.74, 6) is -1.35. The van der Waals surface area contributed by atoms with Gasteiger partial charge in [-0.3, -0.25) is 4.79 Å². The molecule has 0 spiro atoms. The number of oxazole rings is 1. The zero-order chi connectivity index (χ0) is 17.1. The van der Waals surface area contributed by atoms with Crippen molar-refractivity contribution in [3.63, 3.8) is 0 Å². The highest BCUT2D eigenvalue weighted by Crippen LogP contribution is 2.22. The Kier molecular flexibility index (Phi) is 4.37. The van der Waals surface area contributed by atoms with Crippen LogP contribution in [-0.2, 0) is 11.2 Å². The van der Waals surface area contributed by atoms with Gasteiger partial charge in [0.05, 0.1) is 12.1 Å². The Morgan fingerprint density at radius 1 is 1.08 bits per heavy atom. The molecule has 122 valence electrons. The van der Waals surface area contributed by atoms with Crippen molar-refractivity contribution < 1.29 is 18.0 Å². The summed E-state index contributed by atoms with van der Waals surface area (Å²) in [6.45, 7) is 1.69. The van der Waals surface area contributed by atoms with Crippen molar-refractivity contribution in [2.75, 3.05) is 5.32 Å². The van der Waals surface area contributed by atoms with Gasteiger partial charge in [-0.1, -0.05) is 24.3 Å². The van der Waals surface area contributed by atoms with E-state index in [0.29, 0.717) is 17.3 Å². The van der Waals surface area contributed by atoms with Crippen molar-refractivity contribution in [1.82, 2.24) is 4.98 Å². The predicted molar refractivity (Wildman–Crippen MR) is 85.4 cm³/mol. The molecular weight excluding hydrogens is 314 g/mol. The number of benzene rings is 2. The maximum Gasteiger partial charge on any atom is 0.230 e. The molecular formula is C18H14F2N2O2. The van der Waals surface area contributed by atoms with Gasteiger partial charge in [0.1, 0.15) is 23.1 Å². The second-order valence-corrected chi connectivity index (χ2v) is 5.21. The highest BCUT2D eigenvalue weighted by Gasteiger charge is 2.17. The zero-order valence-corrected chi connectivity index (χ0v) is 12.8. The second kappa shape index (κ2) is 6.62. The Balaban J connectivity index is 1.77. The topological polar surface area (TPSA) is 55.1 Å². The Bertz CT molecular complexity index is 856. The van der Waals surface area contributed by atoms with Gasteiger partial charge in [0.25, 0.3) is 0 Å². The minimum absolute atomic E-state index is 0.143. The number of carbonyl (C=O) groups excluding carboxylic acids is 1. The van der Waals surface area contributed by atoms with Crippen molar-refractivity contribution in [1.29, 1.82) is 0 Å². The van der Waals surface area contributed by atoms with E-state index in [2.05, 4.69) is 10.3 Å². The number of hydrogen-bond donors (Lipinski definition) is 1. The standard InChI is InChI=1S/C18H14F2N2O2/c1-11-15(21-18(24-11)12-6-3-2-4-7-12)10-16(23)22-17-13(19)8-5-9-14(17)20/h2-9H,10H2,1H3,(H,22,23). The quantitative estimate of drug-likeness (QED) is 0.784. The fourth-order valence-electron chi connectivity index (χ4n) is 2.25. The van der Waals surface area contributed by atoms with E-state index in [0.717, 1.165) is 17.7 Å². The first-order chi connectivity index (χ1) is 11.5. The van der Waals surface area contributed by atoms with Crippen molar-refractivity contribution in [3.05, 3.63) is 71.6 Å². The third kappa shape index (κ3) is 3.32. The van der Waals surface area contributed by atoms with Gasteiger partial charge in [0.15, 0.2) is 0 Å². The van der Waals surface area contributed by atoms with Crippen LogP contribution in [0, 0.1) is 18.6 Å². The fourth-order valence-corrected chi connectivity index (χ4v) is 2.25. The van der Waals surface area contributed by atoms with Gasteiger partial charge in [-0.05, 0) is 31.2 Å². The van der Waals surface area contributed by atoms with Gasteiger partial charge in [0.2, 0.25) is 11.8 Å². The van der Waals surface area contributed by atoms with Gasteiger partial charge in [-0.15, -0.1) is 0 Å². The summed E-state index contributed by atoms with van der Waals surface area (Å²) in [6.07, 6.45) is -0.143. The number of anilines is 1. The van der Waals surface area contributed by atoms with Crippen LogP contribution in [0.4, 0.5) is 14.5 Å². The number of halogens is 2. The van der Waals surface area contributed by atoms with Gasteiger partial charge >= 0.3 is 0 Å². The molecule has 2 aromatic carbocycles. The SMILES string of the molecule is Cc1oc(-c2ccccc2)nc1CC(=O)Nc1c(F)cccc1F. The monoisotopic (exact) mass is 328 g/mol. The first kappa shape index (κ1) is 15.9. The second-order valence-electron chi connectivity index (χ2n) is 5.21. The van der Waals surface area contributed by atoms with Gasteiger partial charge in [-0.2, -0.15) is 0 Å². The van der Waals surface area contributed by atoms with Gasteiger partial charge in [0, 0.05) is 5.56 Å². The highest BCUT2D eigenvalue weighted by atomic mass is 19.1. The molecule has 0 aliphatic heterocycles. The average molecular weight is 328 g/mol. The molecule has 1 aromatic heterocycles. The zero-order valence-electron chi connectivity index (χ0n) is 12.8. The Morgan fingerprint density at radius 3 is 2.42 bits per heavy atom. The van der Waals surface area contributed by atoms with Crippen molar-refractivity contribution in [2.45, 2.75) is 13.3 Å². The third-order valence-electron chi connectivity index (χ3n) is 3.47. The maximum atomic E-state index is 13.6. The molecule has 6 heteroatoms. The summed E-state index contributed by atoms with van der Waals surface area (Å²) in [4.78, 5) is 16.3. The molecule has 0 atom stereocenters. The molecule has 0 fully saturated rings.